The second kappa shape index (κ2) is 9.09. The van der Waals surface area contributed by atoms with E-state index in [-0.39, 0.29) is 24.4 Å². The number of hydrogen-bond acceptors (Lipinski definition) is 6. The molecule has 0 aliphatic heterocycles. The molecule has 0 saturated carbocycles. The van der Waals surface area contributed by atoms with Crippen molar-refractivity contribution < 1.29 is 19.4 Å². The average Bonchev–Trinajstić information content (AvgIpc) is 3.01. The third-order valence-electron chi connectivity index (χ3n) is 3.76. The van der Waals surface area contributed by atoms with Crippen LogP contribution in [0.5, 0.6) is 5.75 Å². The van der Waals surface area contributed by atoms with E-state index in [1.807, 2.05) is 32.9 Å². The number of aliphatic carboxylic acids is 1. The monoisotopic (exact) mass is 406 g/mol. The van der Waals surface area contributed by atoms with E-state index in [2.05, 4.69) is 15.5 Å². The van der Waals surface area contributed by atoms with Crippen LogP contribution < -0.4 is 10.1 Å². The lowest BCUT2D eigenvalue weighted by Gasteiger charge is -2.23. The summed E-state index contributed by atoms with van der Waals surface area (Å²) < 4.78 is 6.91. The van der Waals surface area contributed by atoms with Crippen LogP contribution >= 0.6 is 11.8 Å². The summed E-state index contributed by atoms with van der Waals surface area (Å²) in [5, 5.41) is 20.6. The number of benzene rings is 1. The number of methoxy groups -OCH3 is 1. The lowest BCUT2D eigenvalue weighted by molar-refractivity contribution is -0.137. The second-order valence-corrected chi connectivity index (χ2v) is 8.64. The maximum absolute atomic E-state index is 12.4. The van der Waals surface area contributed by atoms with E-state index >= 15 is 0 Å². The quantitative estimate of drug-likeness (QED) is 0.649. The molecule has 0 fully saturated rings. The van der Waals surface area contributed by atoms with Crippen molar-refractivity contribution in [3.63, 3.8) is 0 Å². The van der Waals surface area contributed by atoms with Crippen molar-refractivity contribution in [3.8, 4) is 17.1 Å². The first-order valence-corrected chi connectivity index (χ1v) is 9.77. The molecule has 28 heavy (non-hydrogen) atoms. The Hall–Kier alpha value is -2.55. The van der Waals surface area contributed by atoms with Crippen molar-refractivity contribution in [2.75, 3.05) is 7.11 Å². The molecule has 0 radical (unpaired) electrons. The number of amides is 1. The van der Waals surface area contributed by atoms with E-state index in [4.69, 9.17) is 9.84 Å². The highest BCUT2D eigenvalue weighted by atomic mass is 32.2. The van der Waals surface area contributed by atoms with Crippen LogP contribution in [0.3, 0.4) is 0 Å². The number of aromatic nitrogens is 3. The minimum atomic E-state index is -0.913. The van der Waals surface area contributed by atoms with Gasteiger partial charge in [-0.05, 0) is 52.0 Å². The number of nitrogens with zero attached hydrogens (tertiary/aromatic N) is 3. The minimum Gasteiger partial charge on any atom is -0.497 e. The van der Waals surface area contributed by atoms with Gasteiger partial charge in [0, 0.05) is 17.6 Å². The van der Waals surface area contributed by atoms with E-state index in [1.165, 1.54) is 11.8 Å². The molecule has 0 bridgehead atoms. The van der Waals surface area contributed by atoms with Crippen LogP contribution in [0.25, 0.3) is 11.4 Å². The average molecular weight is 407 g/mol. The molecule has 2 aromatic rings. The van der Waals surface area contributed by atoms with Gasteiger partial charge in [-0.2, -0.15) is 0 Å². The first-order valence-electron chi connectivity index (χ1n) is 8.89. The third-order valence-corrected chi connectivity index (χ3v) is 4.84. The van der Waals surface area contributed by atoms with Crippen LogP contribution in [0.15, 0.2) is 29.4 Å². The van der Waals surface area contributed by atoms with E-state index in [1.54, 1.807) is 30.7 Å². The maximum atomic E-state index is 12.4. The number of carboxylic acid groups (broad SMARTS) is 1. The standard InChI is InChI=1S/C19H26N4O4S/c1-12(17(26)20-19(2,3)4)28-18-22-21-16(23(18)11-10-15(24)25)13-6-8-14(27-5)9-7-13/h6-9,12H,10-11H2,1-5H3,(H,20,26)(H,24,25)/t12-/m0/s1. The molecule has 2 N–H and O–H groups in total. The summed E-state index contributed by atoms with van der Waals surface area (Å²) in [4.78, 5) is 23.5. The SMILES string of the molecule is COc1ccc(-c2nnc(S[C@@H](C)C(=O)NC(C)(C)C)n2CCC(=O)O)cc1. The highest BCUT2D eigenvalue weighted by Gasteiger charge is 2.24. The molecule has 0 unspecified atom stereocenters. The Morgan fingerprint density at radius 1 is 1.25 bits per heavy atom. The van der Waals surface area contributed by atoms with Crippen LogP contribution in [-0.4, -0.2) is 49.6 Å². The number of rotatable bonds is 8. The Balaban J connectivity index is 2.29. The zero-order valence-electron chi connectivity index (χ0n) is 16.7. The zero-order valence-corrected chi connectivity index (χ0v) is 17.5. The van der Waals surface area contributed by atoms with Gasteiger partial charge in [0.05, 0.1) is 18.8 Å². The molecule has 1 aromatic heterocycles. The predicted octanol–water partition coefficient (Wildman–Crippen LogP) is 2.82. The topological polar surface area (TPSA) is 106 Å². The third kappa shape index (κ3) is 5.98. The number of hydrogen-bond donors (Lipinski definition) is 2. The van der Waals surface area contributed by atoms with Gasteiger partial charge in [0.2, 0.25) is 5.91 Å². The maximum Gasteiger partial charge on any atom is 0.305 e. The predicted molar refractivity (Wildman–Crippen MR) is 107 cm³/mol. The van der Waals surface area contributed by atoms with Gasteiger partial charge in [0.15, 0.2) is 11.0 Å². The number of ether oxygens (including phenoxy) is 1. The van der Waals surface area contributed by atoms with Gasteiger partial charge in [-0.3, -0.25) is 9.59 Å². The van der Waals surface area contributed by atoms with Crippen molar-refractivity contribution in [3.05, 3.63) is 24.3 Å². The Morgan fingerprint density at radius 2 is 1.89 bits per heavy atom. The van der Waals surface area contributed by atoms with Crippen LogP contribution in [0.2, 0.25) is 0 Å². The first-order chi connectivity index (χ1) is 13.1. The molecule has 0 aliphatic carbocycles. The van der Waals surface area contributed by atoms with Crippen molar-refractivity contribution in [1.29, 1.82) is 0 Å². The van der Waals surface area contributed by atoms with Crippen LogP contribution in [0, 0.1) is 0 Å². The lowest BCUT2D eigenvalue weighted by Crippen LogP contribution is -2.44. The molecule has 2 rings (SSSR count). The molecule has 8 nitrogen and oxygen atoms in total. The van der Waals surface area contributed by atoms with Gasteiger partial charge in [-0.25, -0.2) is 0 Å². The fourth-order valence-electron chi connectivity index (χ4n) is 2.42. The Bertz CT molecular complexity index is 827. The second-order valence-electron chi connectivity index (χ2n) is 7.33. The normalized spacial score (nSPS) is 12.5. The van der Waals surface area contributed by atoms with Crippen LogP contribution in [0.4, 0.5) is 0 Å². The molecule has 152 valence electrons. The summed E-state index contributed by atoms with van der Waals surface area (Å²) in [5.41, 5.74) is 0.453. The highest BCUT2D eigenvalue weighted by Crippen LogP contribution is 2.28. The number of thioether (sulfide) groups is 1. The van der Waals surface area contributed by atoms with E-state index < -0.39 is 11.2 Å². The largest absolute Gasteiger partial charge is 0.497 e. The molecule has 9 heteroatoms. The number of carbonyl (C=O) groups excluding carboxylic acids is 1. The van der Waals surface area contributed by atoms with Gasteiger partial charge >= 0.3 is 5.97 Å². The molecule has 1 atom stereocenters. The molecule has 0 saturated heterocycles. The van der Waals surface area contributed by atoms with E-state index in [0.717, 1.165) is 5.56 Å². The lowest BCUT2D eigenvalue weighted by atomic mass is 10.1. The Kier molecular flexibility index (Phi) is 7.06. The fourth-order valence-corrected chi connectivity index (χ4v) is 3.30. The summed E-state index contributed by atoms with van der Waals surface area (Å²) in [6, 6.07) is 7.28. The number of carbonyl (C=O) groups is 2. The molecule has 1 amide bonds. The van der Waals surface area contributed by atoms with Crippen LogP contribution in [-0.2, 0) is 16.1 Å². The van der Waals surface area contributed by atoms with E-state index in [9.17, 15) is 9.59 Å². The van der Waals surface area contributed by atoms with Crippen molar-refractivity contribution in [1.82, 2.24) is 20.1 Å². The number of nitrogens with one attached hydrogen (secondary N) is 1. The molecule has 1 heterocycles. The minimum absolute atomic E-state index is 0.0721. The summed E-state index contributed by atoms with van der Waals surface area (Å²) >= 11 is 1.25. The molecule has 0 spiro atoms. The van der Waals surface area contributed by atoms with Gasteiger partial charge in [-0.15, -0.1) is 10.2 Å². The molecule has 0 aliphatic rings. The Morgan fingerprint density at radius 3 is 2.43 bits per heavy atom. The number of carboxylic acids is 1. The van der Waals surface area contributed by atoms with Crippen LogP contribution in [0.1, 0.15) is 34.1 Å². The fraction of sp³-hybridized carbons (Fsp3) is 0.474. The molecule has 1 aromatic carbocycles. The highest BCUT2D eigenvalue weighted by molar-refractivity contribution is 8.00. The summed E-state index contributed by atoms with van der Waals surface area (Å²) in [7, 11) is 1.59. The summed E-state index contributed by atoms with van der Waals surface area (Å²) in [5.74, 6) is 0.234. The van der Waals surface area contributed by atoms with Gasteiger partial charge in [-0.1, -0.05) is 11.8 Å². The zero-order chi connectivity index (χ0) is 20.9. The van der Waals surface area contributed by atoms with Crippen molar-refractivity contribution >= 4 is 23.6 Å². The molecular weight excluding hydrogens is 380 g/mol. The summed E-state index contributed by atoms with van der Waals surface area (Å²) in [6.45, 7) is 7.74. The Labute approximate surface area is 168 Å². The smallest absolute Gasteiger partial charge is 0.305 e. The van der Waals surface area contributed by atoms with E-state index in [0.29, 0.717) is 16.7 Å². The van der Waals surface area contributed by atoms with Crippen molar-refractivity contribution in [2.45, 2.75) is 56.6 Å². The first kappa shape index (κ1) is 21.7. The molecular formula is C19H26N4O4S. The summed E-state index contributed by atoms with van der Waals surface area (Å²) in [6.07, 6.45) is -0.0721. The van der Waals surface area contributed by atoms with Gasteiger partial charge < -0.3 is 19.7 Å². The van der Waals surface area contributed by atoms with Gasteiger partial charge in [0.1, 0.15) is 5.75 Å². The van der Waals surface area contributed by atoms with Crippen molar-refractivity contribution in [2.24, 2.45) is 0 Å². The van der Waals surface area contributed by atoms with Gasteiger partial charge in [0.25, 0.3) is 0 Å².